The van der Waals surface area contributed by atoms with Crippen LogP contribution in [0.25, 0.3) is 0 Å². The van der Waals surface area contributed by atoms with Gasteiger partial charge >= 0.3 is 6.03 Å². The number of fused-ring (bicyclic) bond motifs is 1. The van der Waals surface area contributed by atoms with Gasteiger partial charge in [-0.05, 0) is 56.7 Å². The van der Waals surface area contributed by atoms with E-state index in [2.05, 4.69) is 20.9 Å². The summed E-state index contributed by atoms with van der Waals surface area (Å²) in [4.78, 5) is 30.3. The number of hydrogen-bond donors (Lipinski definition) is 3. The van der Waals surface area contributed by atoms with E-state index in [1.54, 1.807) is 35.6 Å². The molecule has 0 saturated heterocycles. The molecule has 0 bridgehead atoms. The van der Waals surface area contributed by atoms with Gasteiger partial charge < -0.3 is 10.6 Å². The standard InChI is InChI=1S/C19H22N4O2S/c24-17(23-19-22-15-7-2-1-3-8-16(15)26-19)12-5-4-6-14(11-12)21-18(25)20-13-9-10-13/h4-6,11,13H,1-3,7-10H2,(H2,20,21,25)(H,22,23,24). The lowest BCUT2D eigenvalue weighted by Gasteiger charge is -2.08. The average molecular weight is 370 g/mol. The van der Waals surface area contributed by atoms with Crippen molar-refractivity contribution in [1.82, 2.24) is 10.3 Å². The molecule has 0 radical (unpaired) electrons. The molecule has 0 aliphatic heterocycles. The van der Waals surface area contributed by atoms with E-state index in [1.165, 1.54) is 24.1 Å². The number of benzene rings is 1. The number of aromatic nitrogens is 1. The van der Waals surface area contributed by atoms with Crippen molar-refractivity contribution in [2.24, 2.45) is 0 Å². The normalized spacial score (nSPS) is 16.3. The zero-order chi connectivity index (χ0) is 17.9. The molecule has 3 amide bonds. The second-order valence-electron chi connectivity index (χ2n) is 6.86. The molecule has 1 aromatic carbocycles. The van der Waals surface area contributed by atoms with Crippen molar-refractivity contribution in [2.45, 2.75) is 51.0 Å². The molecular formula is C19H22N4O2S. The third-order valence-electron chi connectivity index (χ3n) is 4.61. The van der Waals surface area contributed by atoms with E-state index in [4.69, 9.17) is 0 Å². The smallest absolute Gasteiger partial charge is 0.319 e. The number of nitrogens with one attached hydrogen (secondary N) is 3. The van der Waals surface area contributed by atoms with Gasteiger partial charge in [0.2, 0.25) is 0 Å². The van der Waals surface area contributed by atoms with Crippen LogP contribution in [0.1, 0.15) is 53.0 Å². The highest BCUT2D eigenvalue weighted by molar-refractivity contribution is 7.15. The summed E-state index contributed by atoms with van der Waals surface area (Å²) in [5, 5.41) is 9.20. The van der Waals surface area contributed by atoms with Crippen molar-refractivity contribution >= 4 is 34.1 Å². The van der Waals surface area contributed by atoms with Crippen LogP contribution in [0.4, 0.5) is 15.6 Å². The second kappa shape index (κ2) is 7.45. The minimum atomic E-state index is -0.228. The number of hydrogen-bond acceptors (Lipinski definition) is 4. The molecule has 1 fully saturated rings. The Morgan fingerprint density at radius 2 is 1.92 bits per heavy atom. The third kappa shape index (κ3) is 4.22. The summed E-state index contributed by atoms with van der Waals surface area (Å²) in [7, 11) is 0. The number of amides is 3. The topological polar surface area (TPSA) is 83.1 Å². The van der Waals surface area contributed by atoms with Crippen LogP contribution < -0.4 is 16.0 Å². The van der Waals surface area contributed by atoms with Gasteiger partial charge in [-0.15, -0.1) is 11.3 Å². The fraction of sp³-hybridized carbons (Fsp3) is 0.421. The number of thiazole rings is 1. The molecule has 4 rings (SSSR count). The number of urea groups is 1. The molecule has 7 heteroatoms. The Hall–Kier alpha value is -2.41. The molecule has 0 unspecified atom stereocenters. The van der Waals surface area contributed by atoms with Crippen LogP contribution in [-0.2, 0) is 12.8 Å². The van der Waals surface area contributed by atoms with Gasteiger partial charge in [0.1, 0.15) is 0 Å². The molecule has 0 spiro atoms. The van der Waals surface area contributed by atoms with Gasteiger partial charge in [0, 0.05) is 22.2 Å². The number of rotatable bonds is 4. The van der Waals surface area contributed by atoms with Gasteiger partial charge in [-0.1, -0.05) is 12.5 Å². The summed E-state index contributed by atoms with van der Waals surface area (Å²) < 4.78 is 0. The highest BCUT2D eigenvalue weighted by atomic mass is 32.1. The highest BCUT2D eigenvalue weighted by Crippen LogP contribution is 2.29. The molecule has 1 saturated carbocycles. The third-order valence-corrected chi connectivity index (χ3v) is 5.68. The molecule has 0 atom stereocenters. The Labute approximate surface area is 156 Å². The van der Waals surface area contributed by atoms with Gasteiger partial charge in [0.15, 0.2) is 5.13 Å². The van der Waals surface area contributed by atoms with E-state index in [9.17, 15) is 9.59 Å². The van der Waals surface area contributed by atoms with Crippen LogP contribution in [0.2, 0.25) is 0 Å². The van der Waals surface area contributed by atoms with Crippen molar-refractivity contribution < 1.29 is 9.59 Å². The Morgan fingerprint density at radius 3 is 2.77 bits per heavy atom. The lowest BCUT2D eigenvalue weighted by atomic mass is 10.2. The van der Waals surface area contributed by atoms with E-state index in [-0.39, 0.29) is 11.9 Å². The Bertz CT molecular complexity index is 805. The van der Waals surface area contributed by atoms with Gasteiger partial charge in [0.05, 0.1) is 5.69 Å². The highest BCUT2D eigenvalue weighted by Gasteiger charge is 2.23. The molecule has 1 heterocycles. The monoisotopic (exact) mass is 370 g/mol. The van der Waals surface area contributed by atoms with Gasteiger partial charge in [-0.2, -0.15) is 0 Å². The van der Waals surface area contributed by atoms with Gasteiger partial charge in [0.25, 0.3) is 5.91 Å². The molecular weight excluding hydrogens is 348 g/mol. The van der Waals surface area contributed by atoms with Crippen molar-refractivity contribution in [3.63, 3.8) is 0 Å². The predicted molar refractivity (Wildman–Crippen MR) is 103 cm³/mol. The quantitative estimate of drug-likeness (QED) is 0.713. The number of aryl methyl sites for hydroxylation is 2. The minimum Gasteiger partial charge on any atom is -0.335 e. The van der Waals surface area contributed by atoms with Crippen molar-refractivity contribution in [3.8, 4) is 0 Å². The molecule has 2 aromatic rings. The molecule has 6 nitrogen and oxygen atoms in total. The number of anilines is 2. The summed E-state index contributed by atoms with van der Waals surface area (Å²) in [6, 6.07) is 7.02. The molecule has 26 heavy (non-hydrogen) atoms. The number of carbonyl (C=O) groups excluding carboxylic acids is 2. The maximum atomic E-state index is 12.5. The van der Waals surface area contributed by atoms with E-state index < -0.39 is 0 Å². The first-order chi connectivity index (χ1) is 12.7. The summed E-state index contributed by atoms with van der Waals surface area (Å²) in [5.74, 6) is -0.208. The van der Waals surface area contributed by atoms with Gasteiger partial charge in [-0.25, -0.2) is 9.78 Å². The Balaban J connectivity index is 1.41. The van der Waals surface area contributed by atoms with Crippen LogP contribution in [0.3, 0.4) is 0 Å². The fourth-order valence-corrected chi connectivity index (χ4v) is 4.11. The van der Waals surface area contributed by atoms with Crippen LogP contribution in [0.15, 0.2) is 24.3 Å². The summed E-state index contributed by atoms with van der Waals surface area (Å²) in [5.41, 5.74) is 2.24. The lowest BCUT2D eigenvalue weighted by Crippen LogP contribution is -2.30. The summed E-state index contributed by atoms with van der Waals surface area (Å²) >= 11 is 1.58. The molecule has 2 aliphatic carbocycles. The van der Waals surface area contributed by atoms with E-state index in [0.717, 1.165) is 31.4 Å². The first kappa shape index (κ1) is 17.0. The number of carbonyl (C=O) groups is 2. The minimum absolute atomic E-state index is 0.208. The van der Waals surface area contributed by atoms with E-state index in [0.29, 0.717) is 22.4 Å². The van der Waals surface area contributed by atoms with Crippen LogP contribution in [0.5, 0.6) is 0 Å². The fourth-order valence-electron chi connectivity index (χ4n) is 3.07. The first-order valence-corrected chi connectivity index (χ1v) is 9.96. The Morgan fingerprint density at radius 1 is 1.08 bits per heavy atom. The van der Waals surface area contributed by atoms with E-state index >= 15 is 0 Å². The van der Waals surface area contributed by atoms with Crippen molar-refractivity contribution in [3.05, 3.63) is 40.4 Å². The maximum Gasteiger partial charge on any atom is 0.319 e. The maximum absolute atomic E-state index is 12.5. The van der Waals surface area contributed by atoms with Crippen molar-refractivity contribution in [1.29, 1.82) is 0 Å². The molecule has 136 valence electrons. The molecule has 1 aromatic heterocycles. The van der Waals surface area contributed by atoms with E-state index in [1.807, 2.05) is 0 Å². The SMILES string of the molecule is O=C(Nc1cccc(C(=O)Nc2nc3c(s2)CCCCC3)c1)NC1CC1. The summed E-state index contributed by atoms with van der Waals surface area (Å²) in [6.07, 6.45) is 7.73. The second-order valence-corrected chi connectivity index (χ2v) is 7.94. The largest absolute Gasteiger partial charge is 0.335 e. The van der Waals surface area contributed by atoms with Crippen LogP contribution in [0, 0.1) is 0 Å². The molecule has 3 N–H and O–H groups in total. The van der Waals surface area contributed by atoms with Gasteiger partial charge in [-0.3, -0.25) is 10.1 Å². The zero-order valence-corrected chi connectivity index (χ0v) is 15.3. The average Bonchev–Trinajstić information content (AvgIpc) is 3.39. The molecule has 2 aliphatic rings. The zero-order valence-electron chi connectivity index (χ0n) is 14.5. The van der Waals surface area contributed by atoms with Crippen LogP contribution in [-0.4, -0.2) is 23.0 Å². The van der Waals surface area contributed by atoms with Crippen LogP contribution >= 0.6 is 11.3 Å². The Kier molecular flexibility index (Phi) is 4.88. The number of nitrogens with zero attached hydrogens (tertiary/aromatic N) is 1. The predicted octanol–water partition coefficient (Wildman–Crippen LogP) is 3.95. The van der Waals surface area contributed by atoms with Crippen molar-refractivity contribution in [2.75, 3.05) is 10.6 Å². The summed E-state index contributed by atoms with van der Waals surface area (Å²) in [6.45, 7) is 0. The first-order valence-electron chi connectivity index (χ1n) is 9.15. The lowest BCUT2D eigenvalue weighted by molar-refractivity contribution is 0.102.